The number of hydrogen-bond donors (Lipinski definition) is 3. The normalized spacial score (nSPS) is 15.6. The van der Waals surface area contributed by atoms with E-state index in [1.165, 1.54) is 0 Å². The zero-order chi connectivity index (χ0) is 20.5. The standard InChI is InChI=1S/C18H17F5N4O/c19-10-2-3-14(12(6-10)18(21,22)23)27-11-7-13(20)15(25-8-11)9-26-16(28)17(24)4-1-5-17/h2-3,6-8,27H,1,4-5,9,24H2,(H,26,28). The van der Waals surface area contributed by atoms with Crippen LogP contribution in [0.15, 0.2) is 30.5 Å². The fourth-order valence-corrected chi connectivity index (χ4v) is 2.80. The molecule has 0 bridgehead atoms. The number of alkyl halides is 3. The summed E-state index contributed by atoms with van der Waals surface area (Å²) in [7, 11) is 0. The predicted octanol–water partition coefficient (Wildman–Crippen LogP) is 3.62. The highest BCUT2D eigenvalue weighted by molar-refractivity contribution is 5.86. The van der Waals surface area contributed by atoms with Crippen molar-refractivity contribution in [2.45, 2.75) is 37.5 Å². The minimum atomic E-state index is -4.79. The zero-order valence-corrected chi connectivity index (χ0v) is 14.5. The average Bonchev–Trinajstić information content (AvgIpc) is 2.59. The van der Waals surface area contributed by atoms with Crippen LogP contribution in [-0.2, 0) is 17.5 Å². The van der Waals surface area contributed by atoms with Crippen molar-refractivity contribution in [1.29, 1.82) is 0 Å². The van der Waals surface area contributed by atoms with Gasteiger partial charge in [-0.2, -0.15) is 13.2 Å². The Bertz CT molecular complexity index is 896. The molecule has 1 aromatic heterocycles. The van der Waals surface area contributed by atoms with Crippen molar-refractivity contribution in [2.75, 3.05) is 5.32 Å². The summed E-state index contributed by atoms with van der Waals surface area (Å²) in [4.78, 5) is 15.8. The molecule has 5 nitrogen and oxygen atoms in total. The molecule has 1 aliphatic carbocycles. The highest BCUT2D eigenvalue weighted by Crippen LogP contribution is 2.36. The summed E-state index contributed by atoms with van der Waals surface area (Å²) in [5.41, 5.74) is 3.12. The van der Waals surface area contributed by atoms with Gasteiger partial charge in [-0.1, -0.05) is 0 Å². The molecule has 0 aliphatic heterocycles. The molecule has 10 heteroatoms. The molecule has 150 valence electrons. The topological polar surface area (TPSA) is 80.0 Å². The monoisotopic (exact) mass is 400 g/mol. The predicted molar refractivity (Wildman–Crippen MR) is 91.5 cm³/mol. The van der Waals surface area contributed by atoms with Gasteiger partial charge in [-0.15, -0.1) is 0 Å². The van der Waals surface area contributed by atoms with Gasteiger partial charge in [-0.3, -0.25) is 9.78 Å². The molecule has 1 heterocycles. The third-order valence-corrected chi connectivity index (χ3v) is 4.60. The molecule has 2 aromatic rings. The summed E-state index contributed by atoms with van der Waals surface area (Å²) in [6.45, 7) is -0.200. The average molecular weight is 400 g/mol. The lowest BCUT2D eigenvalue weighted by atomic mass is 9.77. The van der Waals surface area contributed by atoms with Crippen LogP contribution >= 0.6 is 0 Å². The molecule has 28 heavy (non-hydrogen) atoms. The third kappa shape index (κ3) is 4.22. The summed E-state index contributed by atoms with van der Waals surface area (Å²) >= 11 is 0. The smallest absolute Gasteiger partial charge is 0.354 e. The van der Waals surface area contributed by atoms with Gasteiger partial charge in [0.2, 0.25) is 5.91 Å². The number of aromatic nitrogens is 1. The second-order valence-electron chi connectivity index (χ2n) is 6.66. The Labute approximate surface area is 157 Å². The maximum Gasteiger partial charge on any atom is 0.418 e. The van der Waals surface area contributed by atoms with Crippen molar-refractivity contribution in [3.63, 3.8) is 0 Å². The second-order valence-corrected chi connectivity index (χ2v) is 6.66. The largest absolute Gasteiger partial charge is 0.418 e. The molecule has 1 aliphatic rings. The molecular weight excluding hydrogens is 383 g/mol. The van der Waals surface area contributed by atoms with E-state index in [1.54, 1.807) is 0 Å². The number of benzene rings is 1. The van der Waals surface area contributed by atoms with Crippen molar-refractivity contribution in [1.82, 2.24) is 10.3 Å². The Morgan fingerprint density at radius 3 is 2.50 bits per heavy atom. The molecule has 4 N–H and O–H groups in total. The van der Waals surface area contributed by atoms with Crippen molar-refractivity contribution in [3.8, 4) is 0 Å². The molecule has 1 fully saturated rings. The van der Waals surface area contributed by atoms with Gasteiger partial charge in [0, 0.05) is 6.07 Å². The zero-order valence-electron chi connectivity index (χ0n) is 14.5. The number of rotatable bonds is 5. The minimum absolute atomic E-state index is 0.0565. The lowest BCUT2D eigenvalue weighted by molar-refractivity contribution is -0.137. The van der Waals surface area contributed by atoms with Crippen LogP contribution in [0.5, 0.6) is 0 Å². The molecule has 0 saturated heterocycles. The number of anilines is 2. The van der Waals surface area contributed by atoms with Crippen molar-refractivity contribution < 1.29 is 26.7 Å². The molecule has 1 saturated carbocycles. The van der Waals surface area contributed by atoms with Crippen LogP contribution in [0.25, 0.3) is 0 Å². The fourth-order valence-electron chi connectivity index (χ4n) is 2.80. The quantitative estimate of drug-likeness (QED) is 0.670. The van der Waals surface area contributed by atoms with Gasteiger partial charge >= 0.3 is 6.18 Å². The molecular formula is C18H17F5N4O. The van der Waals surface area contributed by atoms with Gasteiger partial charge in [0.25, 0.3) is 0 Å². The van der Waals surface area contributed by atoms with Gasteiger partial charge in [-0.25, -0.2) is 8.78 Å². The number of carbonyl (C=O) groups is 1. The highest BCUT2D eigenvalue weighted by Gasteiger charge is 2.40. The molecule has 0 atom stereocenters. The van der Waals surface area contributed by atoms with Crippen LogP contribution in [-0.4, -0.2) is 16.4 Å². The number of halogens is 5. The number of nitrogens with two attached hydrogens (primary N) is 1. The summed E-state index contributed by atoms with van der Waals surface area (Å²) in [5.74, 6) is -2.26. The lowest BCUT2D eigenvalue weighted by Gasteiger charge is -2.36. The lowest BCUT2D eigenvalue weighted by Crippen LogP contribution is -2.58. The first-order valence-corrected chi connectivity index (χ1v) is 8.44. The highest BCUT2D eigenvalue weighted by atomic mass is 19.4. The first-order valence-electron chi connectivity index (χ1n) is 8.44. The van der Waals surface area contributed by atoms with E-state index in [-0.39, 0.29) is 17.9 Å². The Balaban J connectivity index is 1.72. The van der Waals surface area contributed by atoms with Gasteiger partial charge in [0.1, 0.15) is 11.6 Å². The maximum atomic E-state index is 14.2. The Kier molecular flexibility index (Phi) is 5.24. The van der Waals surface area contributed by atoms with Crippen LogP contribution in [0.3, 0.4) is 0 Å². The Hall–Kier alpha value is -2.75. The summed E-state index contributed by atoms with van der Waals surface area (Å²) in [5, 5.41) is 4.89. The van der Waals surface area contributed by atoms with Gasteiger partial charge < -0.3 is 16.4 Å². The molecule has 3 rings (SSSR count). The Morgan fingerprint density at radius 1 is 1.21 bits per heavy atom. The van der Waals surface area contributed by atoms with E-state index in [4.69, 9.17) is 5.73 Å². The van der Waals surface area contributed by atoms with Crippen molar-refractivity contribution >= 4 is 17.3 Å². The van der Waals surface area contributed by atoms with Crippen LogP contribution in [0.1, 0.15) is 30.5 Å². The third-order valence-electron chi connectivity index (χ3n) is 4.60. The maximum absolute atomic E-state index is 14.2. The summed E-state index contributed by atoms with van der Waals surface area (Å²) in [6, 6.07) is 3.05. The van der Waals surface area contributed by atoms with E-state index in [2.05, 4.69) is 15.6 Å². The van der Waals surface area contributed by atoms with E-state index < -0.39 is 40.5 Å². The number of carbonyl (C=O) groups excluding carboxylic acids is 1. The number of hydrogen-bond acceptors (Lipinski definition) is 4. The van der Waals surface area contributed by atoms with E-state index in [9.17, 15) is 26.7 Å². The first-order chi connectivity index (χ1) is 13.1. The van der Waals surface area contributed by atoms with E-state index in [0.29, 0.717) is 18.9 Å². The summed E-state index contributed by atoms with van der Waals surface area (Å²) < 4.78 is 66.5. The molecule has 1 aromatic carbocycles. The molecule has 1 amide bonds. The van der Waals surface area contributed by atoms with Crippen LogP contribution < -0.4 is 16.4 Å². The Morgan fingerprint density at radius 2 is 1.93 bits per heavy atom. The van der Waals surface area contributed by atoms with E-state index in [1.807, 2.05) is 0 Å². The number of amides is 1. The van der Waals surface area contributed by atoms with Crippen LogP contribution in [0.4, 0.5) is 33.3 Å². The first kappa shape index (κ1) is 20.0. The second kappa shape index (κ2) is 7.34. The SMILES string of the molecule is NC1(C(=O)NCc2ncc(Nc3ccc(F)cc3C(F)(F)F)cc2F)CCC1. The molecule has 0 unspecified atom stereocenters. The molecule has 0 radical (unpaired) electrons. The fraction of sp³-hybridized carbons (Fsp3) is 0.333. The van der Waals surface area contributed by atoms with Crippen molar-refractivity contribution in [2.24, 2.45) is 5.73 Å². The summed E-state index contributed by atoms with van der Waals surface area (Å²) in [6.07, 6.45) is -1.72. The van der Waals surface area contributed by atoms with E-state index >= 15 is 0 Å². The van der Waals surface area contributed by atoms with E-state index in [0.717, 1.165) is 30.8 Å². The van der Waals surface area contributed by atoms with Crippen LogP contribution in [0, 0.1) is 11.6 Å². The number of pyridine rings is 1. The molecule has 0 spiro atoms. The van der Waals surface area contributed by atoms with Gasteiger partial charge in [0.05, 0.1) is 40.9 Å². The number of nitrogens with one attached hydrogen (secondary N) is 2. The number of nitrogens with zero attached hydrogens (tertiary/aromatic N) is 1. The van der Waals surface area contributed by atoms with Gasteiger partial charge in [0.15, 0.2) is 0 Å². The van der Waals surface area contributed by atoms with Crippen LogP contribution in [0.2, 0.25) is 0 Å². The van der Waals surface area contributed by atoms with Crippen molar-refractivity contribution in [3.05, 3.63) is 53.4 Å². The minimum Gasteiger partial charge on any atom is -0.354 e. The van der Waals surface area contributed by atoms with Gasteiger partial charge in [-0.05, 0) is 37.5 Å².